The Morgan fingerprint density at radius 3 is 1.12 bits per heavy atom. The first-order chi connectivity index (χ1) is 28.2. The average Bonchev–Trinajstić information content (AvgIpc) is 3.85. The first kappa shape index (κ1) is 33.5. The van der Waals surface area contributed by atoms with Crippen molar-refractivity contribution in [1.29, 1.82) is 0 Å². The van der Waals surface area contributed by atoms with Gasteiger partial charge in [0, 0.05) is 57.4 Å². The lowest BCUT2D eigenvalue weighted by atomic mass is 9.93. The SMILES string of the molecule is c1ccc(-c2cc(-c3ccccc3)cc(-c3ccc(N(c4ccc(-c5ccc6c(c5)sc5ccccc56)cc4)c4ccc5c(c4)sc4ccccc45)cc3)c2)cc1. The van der Waals surface area contributed by atoms with Crippen molar-refractivity contribution in [3.8, 4) is 44.5 Å². The van der Waals surface area contributed by atoms with E-state index in [0.717, 1.165) is 17.1 Å². The fourth-order valence-corrected chi connectivity index (χ4v) is 10.5. The van der Waals surface area contributed by atoms with Gasteiger partial charge >= 0.3 is 0 Å². The van der Waals surface area contributed by atoms with Gasteiger partial charge in [0.1, 0.15) is 0 Å². The fourth-order valence-electron chi connectivity index (χ4n) is 8.20. The van der Waals surface area contributed by atoms with Crippen LogP contribution in [-0.4, -0.2) is 0 Å². The normalized spacial score (nSPS) is 11.5. The molecular formula is C54H35NS2. The van der Waals surface area contributed by atoms with E-state index in [-0.39, 0.29) is 0 Å². The van der Waals surface area contributed by atoms with E-state index in [1.54, 1.807) is 0 Å². The van der Waals surface area contributed by atoms with E-state index in [2.05, 4.69) is 217 Å². The Bertz CT molecular complexity index is 3150. The maximum absolute atomic E-state index is 2.39. The van der Waals surface area contributed by atoms with Crippen molar-refractivity contribution in [3.63, 3.8) is 0 Å². The smallest absolute Gasteiger partial charge is 0.0476 e. The van der Waals surface area contributed by atoms with Gasteiger partial charge in [-0.3, -0.25) is 0 Å². The maximum atomic E-state index is 2.39. The molecule has 2 heterocycles. The molecule has 11 aromatic rings. The van der Waals surface area contributed by atoms with Gasteiger partial charge in [0.05, 0.1) is 0 Å². The predicted octanol–water partition coefficient (Wildman–Crippen LogP) is 16.6. The largest absolute Gasteiger partial charge is 0.310 e. The first-order valence-electron chi connectivity index (χ1n) is 19.3. The van der Waals surface area contributed by atoms with Crippen LogP contribution >= 0.6 is 22.7 Å². The summed E-state index contributed by atoms with van der Waals surface area (Å²) in [6.07, 6.45) is 0. The molecule has 0 spiro atoms. The number of benzene rings is 9. The van der Waals surface area contributed by atoms with E-state index < -0.39 is 0 Å². The zero-order valence-corrected chi connectivity index (χ0v) is 32.6. The van der Waals surface area contributed by atoms with E-state index >= 15 is 0 Å². The summed E-state index contributed by atoms with van der Waals surface area (Å²) in [5.41, 5.74) is 13.0. The number of anilines is 3. The minimum Gasteiger partial charge on any atom is -0.310 e. The lowest BCUT2D eigenvalue weighted by molar-refractivity contribution is 1.29. The average molecular weight is 762 g/mol. The van der Waals surface area contributed by atoms with Crippen LogP contribution < -0.4 is 4.90 Å². The first-order valence-corrected chi connectivity index (χ1v) is 20.9. The van der Waals surface area contributed by atoms with Crippen LogP contribution in [0.5, 0.6) is 0 Å². The summed E-state index contributed by atoms with van der Waals surface area (Å²) in [6, 6.07) is 77.7. The van der Waals surface area contributed by atoms with E-state index in [4.69, 9.17) is 0 Å². The van der Waals surface area contributed by atoms with Crippen LogP contribution in [0.4, 0.5) is 17.1 Å². The number of hydrogen-bond donors (Lipinski definition) is 0. The van der Waals surface area contributed by atoms with E-state index in [0.29, 0.717) is 0 Å². The number of nitrogens with zero attached hydrogens (tertiary/aromatic N) is 1. The van der Waals surface area contributed by atoms with E-state index in [9.17, 15) is 0 Å². The molecular weight excluding hydrogens is 727 g/mol. The third kappa shape index (κ3) is 6.18. The highest BCUT2D eigenvalue weighted by atomic mass is 32.1. The van der Waals surface area contributed by atoms with Crippen LogP contribution in [0, 0.1) is 0 Å². The summed E-state index contributed by atoms with van der Waals surface area (Å²) in [4.78, 5) is 2.39. The summed E-state index contributed by atoms with van der Waals surface area (Å²) in [6.45, 7) is 0. The Morgan fingerprint density at radius 1 is 0.228 bits per heavy atom. The minimum atomic E-state index is 1.11. The van der Waals surface area contributed by atoms with Crippen molar-refractivity contribution >= 4 is 80.1 Å². The molecule has 0 saturated heterocycles. The molecule has 3 heteroatoms. The Labute approximate surface area is 340 Å². The zero-order valence-electron chi connectivity index (χ0n) is 31.0. The van der Waals surface area contributed by atoms with Gasteiger partial charge in [-0.15, -0.1) is 22.7 Å². The number of rotatable bonds is 7. The van der Waals surface area contributed by atoms with Gasteiger partial charge in [0.15, 0.2) is 0 Å². The van der Waals surface area contributed by atoms with Gasteiger partial charge in [0.2, 0.25) is 0 Å². The maximum Gasteiger partial charge on any atom is 0.0476 e. The highest BCUT2D eigenvalue weighted by Gasteiger charge is 2.17. The van der Waals surface area contributed by atoms with Crippen molar-refractivity contribution in [3.05, 3.63) is 212 Å². The third-order valence-corrected chi connectivity index (χ3v) is 13.3. The Hall–Kier alpha value is -6.78. The van der Waals surface area contributed by atoms with Crippen molar-refractivity contribution in [1.82, 2.24) is 0 Å². The van der Waals surface area contributed by atoms with Gasteiger partial charge in [-0.25, -0.2) is 0 Å². The highest BCUT2D eigenvalue weighted by Crippen LogP contribution is 2.43. The molecule has 57 heavy (non-hydrogen) atoms. The predicted molar refractivity (Wildman–Crippen MR) is 249 cm³/mol. The van der Waals surface area contributed by atoms with Crippen LogP contribution in [-0.2, 0) is 0 Å². The molecule has 2 aromatic heterocycles. The van der Waals surface area contributed by atoms with Crippen LogP contribution in [0.25, 0.3) is 84.9 Å². The summed E-state index contributed by atoms with van der Waals surface area (Å²) in [7, 11) is 0. The topological polar surface area (TPSA) is 3.24 Å². The van der Waals surface area contributed by atoms with Gasteiger partial charge in [0.25, 0.3) is 0 Å². The summed E-state index contributed by atoms with van der Waals surface area (Å²) < 4.78 is 5.25. The molecule has 0 bridgehead atoms. The second-order valence-electron chi connectivity index (χ2n) is 14.5. The van der Waals surface area contributed by atoms with Gasteiger partial charge < -0.3 is 4.90 Å². The highest BCUT2D eigenvalue weighted by molar-refractivity contribution is 7.26. The molecule has 0 aliphatic heterocycles. The third-order valence-electron chi connectivity index (χ3n) is 11.1. The molecule has 0 fully saturated rings. The second-order valence-corrected chi connectivity index (χ2v) is 16.7. The molecule has 0 radical (unpaired) electrons. The Kier molecular flexibility index (Phi) is 8.28. The monoisotopic (exact) mass is 761 g/mol. The molecule has 1 nitrogen and oxygen atoms in total. The van der Waals surface area contributed by atoms with Crippen molar-refractivity contribution in [2.45, 2.75) is 0 Å². The number of thiophene rings is 2. The molecule has 0 atom stereocenters. The molecule has 0 amide bonds. The van der Waals surface area contributed by atoms with Crippen LogP contribution in [0.15, 0.2) is 212 Å². The molecule has 268 valence electrons. The lowest BCUT2D eigenvalue weighted by Gasteiger charge is -2.26. The molecule has 9 aromatic carbocycles. The number of hydrogen-bond acceptors (Lipinski definition) is 3. The number of fused-ring (bicyclic) bond motifs is 6. The van der Waals surface area contributed by atoms with Gasteiger partial charge in [-0.05, 0) is 117 Å². The second kappa shape index (κ2) is 14.1. The van der Waals surface area contributed by atoms with Crippen molar-refractivity contribution in [2.75, 3.05) is 4.90 Å². The fraction of sp³-hybridized carbons (Fsp3) is 0. The van der Waals surface area contributed by atoms with E-state index in [1.165, 1.54) is 84.9 Å². The quantitative estimate of drug-likeness (QED) is 0.156. The van der Waals surface area contributed by atoms with Gasteiger partial charge in [-0.1, -0.05) is 140 Å². The van der Waals surface area contributed by atoms with Crippen molar-refractivity contribution < 1.29 is 0 Å². The molecule has 0 aliphatic carbocycles. The van der Waals surface area contributed by atoms with E-state index in [1.807, 2.05) is 22.7 Å². The van der Waals surface area contributed by atoms with Crippen LogP contribution in [0.2, 0.25) is 0 Å². The molecule has 11 rings (SSSR count). The van der Waals surface area contributed by atoms with Crippen molar-refractivity contribution in [2.24, 2.45) is 0 Å². The molecule has 0 unspecified atom stereocenters. The van der Waals surface area contributed by atoms with Gasteiger partial charge in [-0.2, -0.15) is 0 Å². The molecule has 0 saturated carbocycles. The van der Waals surface area contributed by atoms with Crippen LogP contribution in [0.3, 0.4) is 0 Å². The summed E-state index contributed by atoms with van der Waals surface area (Å²) in [5, 5.41) is 5.27. The molecule has 0 N–H and O–H groups in total. The molecule has 0 aliphatic rings. The standard InChI is InChI=1S/C54H35NS2/c1-3-11-36(12-4-1)41-31-42(37-13-5-2-6-14-37)33-43(32-41)39-21-26-45(27-22-39)55(46-28-30-50-48-16-8-10-18-52(48)57-54(50)35-46)44-24-19-38(20-25-44)40-23-29-49-47-15-7-9-17-51(47)56-53(49)34-40/h1-35H. The summed E-state index contributed by atoms with van der Waals surface area (Å²) >= 11 is 3.73. The Balaban J connectivity index is 1.00. The zero-order chi connectivity index (χ0) is 37.7. The minimum absolute atomic E-state index is 1.11. The van der Waals surface area contributed by atoms with Crippen LogP contribution in [0.1, 0.15) is 0 Å². The Morgan fingerprint density at radius 2 is 0.596 bits per heavy atom. The lowest BCUT2D eigenvalue weighted by Crippen LogP contribution is -2.09. The summed E-state index contributed by atoms with van der Waals surface area (Å²) in [5.74, 6) is 0.